The van der Waals surface area contributed by atoms with Crippen LogP contribution in [0.5, 0.6) is 0 Å². The van der Waals surface area contributed by atoms with Crippen LogP contribution in [-0.4, -0.2) is 10.9 Å². The second kappa shape index (κ2) is 5.31. The topological polar surface area (TPSA) is 42.0 Å². The van der Waals surface area contributed by atoms with Gasteiger partial charge in [-0.05, 0) is 49.2 Å². The van der Waals surface area contributed by atoms with E-state index in [1.54, 1.807) is 12.4 Å². The minimum absolute atomic E-state index is 0.133. The molecule has 2 rings (SSSR count). The summed E-state index contributed by atoms with van der Waals surface area (Å²) in [6.07, 6.45) is 3.26. The molecule has 0 unspecified atom stereocenters. The van der Waals surface area contributed by atoms with E-state index in [2.05, 4.69) is 26.2 Å². The molecule has 0 radical (unpaired) electrons. The molecule has 0 saturated carbocycles. The molecule has 0 atom stereocenters. The van der Waals surface area contributed by atoms with Crippen molar-refractivity contribution in [2.45, 2.75) is 13.8 Å². The van der Waals surface area contributed by atoms with Gasteiger partial charge >= 0.3 is 0 Å². The number of aryl methyl sites for hydroxylation is 2. The summed E-state index contributed by atoms with van der Waals surface area (Å²) < 4.78 is 0.996. The van der Waals surface area contributed by atoms with Crippen molar-refractivity contribution in [3.63, 3.8) is 0 Å². The number of carbonyl (C=O) groups excluding carboxylic acids is 1. The summed E-state index contributed by atoms with van der Waals surface area (Å²) >= 11 is 3.40. The highest BCUT2D eigenvalue weighted by Gasteiger charge is 2.10. The molecule has 0 fully saturated rings. The van der Waals surface area contributed by atoms with E-state index < -0.39 is 0 Å². The molecule has 0 bridgehead atoms. The largest absolute Gasteiger partial charge is 0.322 e. The SMILES string of the molecule is Cc1cc(Br)ccc1NC(=O)c1cnccc1C. The van der Waals surface area contributed by atoms with Crippen LogP contribution in [0.3, 0.4) is 0 Å². The first kappa shape index (κ1) is 12.8. The standard InChI is InChI=1S/C14H13BrN2O/c1-9-5-6-16-8-12(9)14(18)17-13-4-3-11(15)7-10(13)2/h3-8H,1-2H3,(H,17,18). The highest BCUT2D eigenvalue weighted by atomic mass is 79.9. The molecule has 1 amide bonds. The van der Waals surface area contributed by atoms with Gasteiger partial charge in [0.15, 0.2) is 0 Å². The molecule has 92 valence electrons. The number of halogens is 1. The highest BCUT2D eigenvalue weighted by Crippen LogP contribution is 2.21. The number of aromatic nitrogens is 1. The Balaban J connectivity index is 2.24. The lowest BCUT2D eigenvalue weighted by molar-refractivity contribution is 0.102. The van der Waals surface area contributed by atoms with Gasteiger partial charge in [-0.25, -0.2) is 0 Å². The maximum absolute atomic E-state index is 12.1. The van der Waals surface area contributed by atoms with E-state index >= 15 is 0 Å². The van der Waals surface area contributed by atoms with Gasteiger partial charge in [-0.1, -0.05) is 15.9 Å². The van der Waals surface area contributed by atoms with Gasteiger partial charge in [0.1, 0.15) is 0 Å². The number of pyridine rings is 1. The lowest BCUT2D eigenvalue weighted by Crippen LogP contribution is -2.14. The van der Waals surface area contributed by atoms with Crippen LogP contribution in [0.25, 0.3) is 0 Å². The summed E-state index contributed by atoms with van der Waals surface area (Å²) in [7, 11) is 0. The van der Waals surface area contributed by atoms with Crippen molar-refractivity contribution in [3.8, 4) is 0 Å². The van der Waals surface area contributed by atoms with E-state index in [1.165, 1.54) is 0 Å². The van der Waals surface area contributed by atoms with Crippen LogP contribution in [0.1, 0.15) is 21.5 Å². The molecule has 4 heteroatoms. The van der Waals surface area contributed by atoms with Crippen LogP contribution < -0.4 is 5.32 Å². The van der Waals surface area contributed by atoms with Gasteiger partial charge in [-0.2, -0.15) is 0 Å². The zero-order chi connectivity index (χ0) is 13.1. The molecule has 0 saturated heterocycles. The van der Waals surface area contributed by atoms with E-state index in [4.69, 9.17) is 0 Å². The van der Waals surface area contributed by atoms with Crippen LogP contribution in [0.2, 0.25) is 0 Å². The Kier molecular flexibility index (Phi) is 3.77. The van der Waals surface area contributed by atoms with Gasteiger partial charge in [0.2, 0.25) is 0 Å². The first-order chi connectivity index (χ1) is 8.58. The number of nitrogens with zero attached hydrogens (tertiary/aromatic N) is 1. The zero-order valence-electron chi connectivity index (χ0n) is 10.2. The lowest BCUT2D eigenvalue weighted by atomic mass is 10.1. The van der Waals surface area contributed by atoms with Crippen molar-refractivity contribution in [2.24, 2.45) is 0 Å². The van der Waals surface area contributed by atoms with Crippen LogP contribution in [0.4, 0.5) is 5.69 Å². The third-order valence-electron chi connectivity index (χ3n) is 2.72. The van der Waals surface area contributed by atoms with Crippen molar-refractivity contribution in [1.29, 1.82) is 0 Å². The predicted octanol–water partition coefficient (Wildman–Crippen LogP) is 3.71. The van der Waals surface area contributed by atoms with E-state index in [-0.39, 0.29) is 5.91 Å². The first-order valence-electron chi connectivity index (χ1n) is 5.56. The number of rotatable bonds is 2. The Morgan fingerprint density at radius 2 is 2.00 bits per heavy atom. The number of benzene rings is 1. The van der Waals surface area contributed by atoms with Gasteiger partial charge in [0, 0.05) is 22.6 Å². The molecular formula is C14H13BrN2O. The third kappa shape index (κ3) is 2.76. The molecular weight excluding hydrogens is 292 g/mol. The van der Waals surface area contributed by atoms with E-state index in [0.717, 1.165) is 21.3 Å². The second-order valence-corrected chi connectivity index (χ2v) is 5.02. The maximum Gasteiger partial charge on any atom is 0.257 e. The summed E-state index contributed by atoms with van der Waals surface area (Å²) in [6.45, 7) is 3.85. The monoisotopic (exact) mass is 304 g/mol. The minimum Gasteiger partial charge on any atom is -0.322 e. The maximum atomic E-state index is 12.1. The summed E-state index contributed by atoms with van der Waals surface area (Å²) in [5.74, 6) is -0.133. The number of amides is 1. The average molecular weight is 305 g/mol. The highest BCUT2D eigenvalue weighted by molar-refractivity contribution is 9.10. The van der Waals surface area contributed by atoms with Crippen molar-refractivity contribution in [1.82, 2.24) is 4.98 Å². The smallest absolute Gasteiger partial charge is 0.257 e. The summed E-state index contributed by atoms with van der Waals surface area (Å²) in [4.78, 5) is 16.1. The average Bonchev–Trinajstić information content (AvgIpc) is 2.33. The fraction of sp³-hybridized carbons (Fsp3) is 0.143. The first-order valence-corrected chi connectivity index (χ1v) is 6.35. The molecule has 18 heavy (non-hydrogen) atoms. The molecule has 0 aliphatic carbocycles. The number of anilines is 1. The van der Waals surface area contributed by atoms with E-state index in [0.29, 0.717) is 5.56 Å². The Labute approximate surface area is 114 Å². The fourth-order valence-electron chi connectivity index (χ4n) is 1.66. The van der Waals surface area contributed by atoms with Gasteiger partial charge < -0.3 is 5.32 Å². The Morgan fingerprint density at radius 3 is 2.67 bits per heavy atom. The number of hydrogen-bond donors (Lipinski definition) is 1. The van der Waals surface area contributed by atoms with Crippen LogP contribution in [-0.2, 0) is 0 Å². The van der Waals surface area contributed by atoms with Crippen molar-refractivity contribution < 1.29 is 4.79 Å². The van der Waals surface area contributed by atoms with Gasteiger partial charge in [-0.3, -0.25) is 9.78 Å². The summed E-state index contributed by atoms with van der Waals surface area (Å²) in [6, 6.07) is 7.57. The van der Waals surface area contributed by atoms with Crippen LogP contribution in [0.15, 0.2) is 41.1 Å². The quantitative estimate of drug-likeness (QED) is 0.919. The number of carbonyl (C=O) groups is 1. The predicted molar refractivity (Wildman–Crippen MR) is 75.8 cm³/mol. The van der Waals surface area contributed by atoms with E-state index in [1.807, 2.05) is 38.1 Å². The van der Waals surface area contributed by atoms with Crippen molar-refractivity contribution >= 4 is 27.5 Å². The Hall–Kier alpha value is -1.68. The molecule has 0 aliphatic heterocycles. The van der Waals surface area contributed by atoms with Gasteiger partial charge in [-0.15, -0.1) is 0 Å². The molecule has 1 N–H and O–H groups in total. The lowest BCUT2D eigenvalue weighted by Gasteiger charge is -2.09. The number of nitrogens with one attached hydrogen (secondary N) is 1. The molecule has 0 spiro atoms. The van der Waals surface area contributed by atoms with Crippen LogP contribution >= 0.6 is 15.9 Å². The molecule has 0 aliphatic rings. The molecule has 1 aromatic carbocycles. The fourth-order valence-corrected chi connectivity index (χ4v) is 2.13. The van der Waals surface area contributed by atoms with Gasteiger partial charge in [0.05, 0.1) is 5.56 Å². The van der Waals surface area contributed by atoms with E-state index in [9.17, 15) is 4.79 Å². The molecule has 1 aromatic heterocycles. The zero-order valence-corrected chi connectivity index (χ0v) is 11.8. The number of hydrogen-bond acceptors (Lipinski definition) is 2. The summed E-state index contributed by atoms with van der Waals surface area (Å²) in [5.41, 5.74) is 3.34. The molecule has 2 aromatic rings. The van der Waals surface area contributed by atoms with Crippen molar-refractivity contribution in [3.05, 3.63) is 57.8 Å². The Morgan fingerprint density at radius 1 is 1.22 bits per heavy atom. The van der Waals surface area contributed by atoms with Crippen LogP contribution in [0, 0.1) is 13.8 Å². The third-order valence-corrected chi connectivity index (χ3v) is 3.21. The van der Waals surface area contributed by atoms with Crippen molar-refractivity contribution in [2.75, 3.05) is 5.32 Å². The second-order valence-electron chi connectivity index (χ2n) is 4.10. The normalized spacial score (nSPS) is 10.2. The molecule has 1 heterocycles. The Bertz CT molecular complexity index is 596. The molecule has 3 nitrogen and oxygen atoms in total. The summed E-state index contributed by atoms with van der Waals surface area (Å²) in [5, 5.41) is 2.89. The minimum atomic E-state index is -0.133. The van der Waals surface area contributed by atoms with Gasteiger partial charge in [0.25, 0.3) is 5.91 Å².